The quantitative estimate of drug-likeness (QED) is 0.893. The number of fused-ring (bicyclic) bond motifs is 2. The van der Waals surface area contributed by atoms with Gasteiger partial charge in [-0.15, -0.1) is 0 Å². The SMILES string of the molecule is Clc1ccc2nc(CNC[C@@H]3C[C@@H]4CCCC[C@@H]4N3)ccc2c1. The minimum Gasteiger partial charge on any atom is -0.310 e. The van der Waals surface area contributed by atoms with E-state index in [0.717, 1.165) is 46.7 Å². The van der Waals surface area contributed by atoms with Gasteiger partial charge in [-0.2, -0.15) is 0 Å². The summed E-state index contributed by atoms with van der Waals surface area (Å²) in [7, 11) is 0. The maximum atomic E-state index is 6.02. The predicted molar refractivity (Wildman–Crippen MR) is 95.7 cm³/mol. The van der Waals surface area contributed by atoms with Gasteiger partial charge in [0.05, 0.1) is 11.2 Å². The van der Waals surface area contributed by atoms with Gasteiger partial charge in [-0.25, -0.2) is 0 Å². The second-order valence-electron chi connectivity index (χ2n) is 7.02. The van der Waals surface area contributed by atoms with Gasteiger partial charge in [-0.05, 0) is 49.4 Å². The van der Waals surface area contributed by atoms with Crippen LogP contribution in [-0.2, 0) is 6.54 Å². The molecule has 0 bridgehead atoms. The van der Waals surface area contributed by atoms with Crippen LogP contribution in [0, 0.1) is 5.92 Å². The summed E-state index contributed by atoms with van der Waals surface area (Å²) in [5.74, 6) is 0.916. The van der Waals surface area contributed by atoms with E-state index < -0.39 is 0 Å². The summed E-state index contributed by atoms with van der Waals surface area (Å²) in [6.07, 6.45) is 6.95. The van der Waals surface area contributed by atoms with Crippen molar-refractivity contribution in [3.05, 3.63) is 41.0 Å². The van der Waals surface area contributed by atoms with E-state index in [1.807, 2.05) is 18.2 Å². The van der Waals surface area contributed by atoms with E-state index in [2.05, 4.69) is 22.8 Å². The number of nitrogens with zero attached hydrogens (tertiary/aromatic N) is 1. The summed E-state index contributed by atoms with van der Waals surface area (Å²) in [6.45, 7) is 1.86. The molecule has 3 nitrogen and oxygen atoms in total. The molecule has 1 aromatic carbocycles. The van der Waals surface area contributed by atoms with Crippen molar-refractivity contribution in [3.8, 4) is 0 Å². The standard InChI is InChI=1S/C19H24ClN3/c20-15-6-8-19-14(9-15)5-7-16(22-19)11-21-12-17-10-13-3-1-2-4-18(13)23-17/h5-9,13,17-18,21,23H,1-4,10-12H2/t13-,17-,18-/m0/s1. The largest absolute Gasteiger partial charge is 0.310 e. The van der Waals surface area contributed by atoms with Gasteiger partial charge in [0, 0.05) is 35.6 Å². The molecule has 0 unspecified atom stereocenters. The molecule has 4 heteroatoms. The molecule has 1 aliphatic carbocycles. The van der Waals surface area contributed by atoms with E-state index in [-0.39, 0.29) is 0 Å². The predicted octanol–water partition coefficient (Wildman–Crippen LogP) is 3.90. The zero-order valence-electron chi connectivity index (χ0n) is 13.4. The first-order chi connectivity index (χ1) is 11.3. The zero-order chi connectivity index (χ0) is 15.6. The third-order valence-electron chi connectivity index (χ3n) is 5.35. The zero-order valence-corrected chi connectivity index (χ0v) is 14.1. The molecular weight excluding hydrogens is 306 g/mol. The Bertz CT molecular complexity index is 673. The Morgan fingerprint density at radius 2 is 2.09 bits per heavy atom. The van der Waals surface area contributed by atoms with Gasteiger partial charge >= 0.3 is 0 Å². The smallest absolute Gasteiger partial charge is 0.0706 e. The van der Waals surface area contributed by atoms with Crippen LogP contribution in [0.15, 0.2) is 30.3 Å². The van der Waals surface area contributed by atoms with Crippen molar-refractivity contribution in [2.75, 3.05) is 6.54 Å². The van der Waals surface area contributed by atoms with E-state index in [4.69, 9.17) is 16.6 Å². The van der Waals surface area contributed by atoms with Crippen molar-refractivity contribution in [1.82, 2.24) is 15.6 Å². The molecule has 1 aliphatic heterocycles. The first kappa shape index (κ1) is 15.4. The van der Waals surface area contributed by atoms with Crippen molar-refractivity contribution in [1.29, 1.82) is 0 Å². The highest BCUT2D eigenvalue weighted by atomic mass is 35.5. The van der Waals surface area contributed by atoms with Crippen molar-refractivity contribution >= 4 is 22.5 Å². The van der Waals surface area contributed by atoms with Gasteiger partial charge in [0.2, 0.25) is 0 Å². The van der Waals surface area contributed by atoms with Crippen LogP contribution in [-0.4, -0.2) is 23.6 Å². The first-order valence-corrected chi connectivity index (χ1v) is 9.18. The topological polar surface area (TPSA) is 37.0 Å². The Labute approximate surface area is 142 Å². The summed E-state index contributed by atoms with van der Waals surface area (Å²) in [5, 5.41) is 9.26. The minimum absolute atomic E-state index is 0.627. The second-order valence-corrected chi connectivity index (χ2v) is 7.46. The fourth-order valence-electron chi connectivity index (χ4n) is 4.20. The van der Waals surface area contributed by atoms with E-state index >= 15 is 0 Å². The Morgan fingerprint density at radius 1 is 1.17 bits per heavy atom. The second kappa shape index (κ2) is 6.76. The van der Waals surface area contributed by atoms with Crippen molar-refractivity contribution in [2.45, 2.75) is 50.7 Å². The van der Waals surface area contributed by atoms with Crippen molar-refractivity contribution in [3.63, 3.8) is 0 Å². The van der Waals surface area contributed by atoms with E-state index in [1.54, 1.807) is 0 Å². The van der Waals surface area contributed by atoms with Crippen LogP contribution < -0.4 is 10.6 Å². The van der Waals surface area contributed by atoms with Crippen LogP contribution in [0.5, 0.6) is 0 Å². The molecule has 1 aromatic heterocycles. The van der Waals surface area contributed by atoms with E-state index in [1.165, 1.54) is 32.1 Å². The van der Waals surface area contributed by atoms with Gasteiger partial charge in [-0.1, -0.05) is 30.5 Å². The van der Waals surface area contributed by atoms with Gasteiger partial charge < -0.3 is 10.6 Å². The molecule has 2 heterocycles. The minimum atomic E-state index is 0.627. The average molecular weight is 330 g/mol. The molecule has 4 rings (SSSR count). The summed E-state index contributed by atoms with van der Waals surface area (Å²) >= 11 is 6.02. The number of halogens is 1. The number of benzene rings is 1. The molecule has 0 amide bonds. The Kier molecular flexibility index (Phi) is 4.52. The summed E-state index contributed by atoms with van der Waals surface area (Å²) < 4.78 is 0. The molecule has 3 atom stereocenters. The normalized spacial score (nSPS) is 27.3. The lowest BCUT2D eigenvalue weighted by Gasteiger charge is -2.24. The van der Waals surface area contributed by atoms with Crippen LogP contribution in [0.3, 0.4) is 0 Å². The van der Waals surface area contributed by atoms with Crippen LogP contribution in [0.1, 0.15) is 37.8 Å². The monoisotopic (exact) mass is 329 g/mol. The average Bonchev–Trinajstić information content (AvgIpc) is 2.97. The maximum absolute atomic E-state index is 6.02. The lowest BCUT2D eigenvalue weighted by atomic mass is 9.85. The lowest BCUT2D eigenvalue weighted by Crippen LogP contribution is -2.38. The van der Waals surface area contributed by atoms with Gasteiger partial charge in [0.25, 0.3) is 0 Å². The molecule has 2 aliphatic rings. The molecule has 2 N–H and O–H groups in total. The van der Waals surface area contributed by atoms with Crippen LogP contribution in [0.25, 0.3) is 10.9 Å². The molecule has 1 saturated heterocycles. The van der Waals surface area contributed by atoms with E-state index in [9.17, 15) is 0 Å². The summed E-state index contributed by atoms with van der Waals surface area (Å²) in [5.41, 5.74) is 2.11. The molecule has 1 saturated carbocycles. The molecule has 122 valence electrons. The summed E-state index contributed by atoms with van der Waals surface area (Å²) in [6, 6.07) is 11.5. The fraction of sp³-hybridized carbons (Fsp3) is 0.526. The number of nitrogens with one attached hydrogen (secondary N) is 2. The number of hydrogen-bond donors (Lipinski definition) is 2. The third kappa shape index (κ3) is 3.52. The summed E-state index contributed by atoms with van der Waals surface area (Å²) in [4.78, 5) is 4.71. The molecule has 2 fully saturated rings. The Morgan fingerprint density at radius 3 is 3.00 bits per heavy atom. The molecule has 2 aromatic rings. The highest BCUT2D eigenvalue weighted by Gasteiger charge is 2.34. The van der Waals surface area contributed by atoms with Crippen LogP contribution >= 0.6 is 11.6 Å². The van der Waals surface area contributed by atoms with Crippen molar-refractivity contribution < 1.29 is 0 Å². The highest BCUT2D eigenvalue weighted by molar-refractivity contribution is 6.31. The van der Waals surface area contributed by atoms with Crippen LogP contribution in [0.4, 0.5) is 0 Å². The van der Waals surface area contributed by atoms with Crippen LogP contribution in [0.2, 0.25) is 5.02 Å². The number of pyridine rings is 1. The van der Waals surface area contributed by atoms with Gasteiger partial charge in [0.15, 0.2) is 0 Å². The number of hydrogen-bond acceptors (Lipinski definition) is 3. The maximum Gasteiger partial charge on any atom is 0.0706 e. The molecule has 0 spiro atoms. The lowest BCUT2D eigenvalue weighted by molar-refractivity contribution is 0.325. The van der Waals surface area contributed by atoms with Gasteiger partial charge in [-0.3, -0.25) is 4.98 Å². The highest BCUT2D eigenvalue weighted by Crippen LogP contribution is 2.32. The molecule has 23 heavy (non-hydrogen) atoms. The number of aromatic nitrogens is 1. The third-order valence-corrected chi connectivity index (χ3v) is 5.59. The van der Waals surface area contributed by atoms with Crippen molar-refractivity contribution in [2.24, 2.45) is 5.92 Å². The molecular formula is C19H24ClN3. The molecule has 0 radical (unpaired) electrons. The first-order valence-electron chi connectivity index (χ1n) is 8.80. The fourth-order valence-corrected chi connectivity index (χ4v) is 4.38. The Hall–Kier alpha value is -1.16. The number of rotatable bonds is 4. The van der Waals surface area contributed by atoms with E-state index in [0.29, 0.717) is 6.04 Å². The van der Waals surface area contributed by atoms with Gasteiger partial charge in [0.1, 0.15) is 0 Å². The Balaban J connectivity index is 1.32.